The summed E-state index contributed by atoms with van der Waals surface area (Å²) in [5.41, 5.74) is 2.58. The highest BCUT2D eigenvalue weighted by Gasteiger charge is 2.05. The number of hydrogen-bond donors (Lipinski definition) is 1. The normalized spacial score (nSPS) is 11.1. The van der Waals surface area contributed by atoms with Crippen LogP contribution in [0.5, 0.6) is 5.75 Å². The molecule has 5 heteroatoms. The van der Waals surface area contributed by atoms with E-state index in [2.05, 4.69) is 39.7 Å². The summed E-state index contributed by atoms with van der Waals surface area (Å²) in [6.45, 7) is 6.22. The standard InChI is InChI=1S/C17H18BrClN2O/c1-3-21(4-2)15-7-5-14(6-8-15)20-11-12-9-13(19)10-16(18)17(12)22/h5-11,22H,3-4H2,1-2H3. The molecule has 2 aromatic rings. The number of rotatable bonds is 5. The molecule has 2 aromatic carbocycles. The van der Waals surface area contributed by atoms with Crippen molar-refractivity contribution in [3.63, 3.8) is 0 Å². The molecule has 0 amide bonds. The van der Waals surface area contributed by atoms with Gasteiger partial charge in [0.15, 0.2) is 0 Å². The number of phenolic OH excluding ortho intramolecular Hbond substituents is 1. The van der Waals surface area contributed by atoms with E-state index in [0.29, 0.717) is 15.1 Å². The van der Waals surface area contributed by atoms with Gasteiger partial charge in [-0.1, -0.05) is 11.6 Å². The third kappa shape index (κ3) is 4.02. The van der Waals surface area contributed by atoms with Gasteiger partial charge in [-0.3, -0.25) is 4.99 Å². The number of anilines is 1. The number of aromatic hydroxyl groups is 1. The molecule has 0 spiro atoms. The van der Waals surface area contributed by atoms with Crippen molar-refractivity contribution < 1.29 is 5.11 Å². The van der Waals surface area contributed by atoms with Crippen LogP contribution in [0.1, 0.15) is 19.4 Å². The highest BCUT2D eigenvalue weighted by Crippen LogP contribution is 2.31. The second kappa shape index (κ2) is 7.65. The van der Waals surface area contributed by atoms with Crippen LogP contribution in [0.2, 0.25) is 5.02 Å². The van der Waals surface area contributed by atoms with Crippen molar-refractivity contribution in [3.8, 4) is 5.75 Å². The average molecular weight is 382 g/mol. The van der Waals surface area contributed by atoms with Crippen molar-refractivity contribution in [1.29, 1.82) is 0 Å². The van der Waals surface area contributed by atoms with Crippen molar-refractivity contribution in [2.75, 3.05) is 18.0 Å². The van der Waals surface area contributed by atoms with Crippen LogP contribution in [0.4, 0.5) is 11.4 Å². The summed E-state index contributed by atoms with van der Waals surface area (Å²) in [7, 11) is 0. The van der Waals surface area contributed by atoms with Crippen molar-refractivity contribution in [2.45, 2.75) is 13.8 Å². The van der Waals surface area contributed by atoms with Crippen molar-refractivity contribution in [1.82, 2.24) is 0 Å². The van der Waals surface area contributed by atoms with E-state index < -0.39 is 0 Å². The summed E-state index contributed by atoms with van der Waals surface area (Å²) in [5, 5.41) is 10.5. The summed E-state index contributed by atoms with van der Waals surface area (Å²) >= 11 is 9.25. The molecule has 0 heterocycles. The number of halogens is 2. The zero-order valence-corrected chi connectivity index (χ0v) is 14.9. The Kier molecular flexibility index (Phi) is 5.86. The molecule has 1 N–H and O–H groups in total. The van der Waals surface area contributed by atoms with Crippen LogP contribution < -0.4 is 4.90 Å². The predicted octanol–water partition coefficient (Wildman–Crippen LogP) is 5.40. The quantitative estimate of drug-likeness (QED) is 0.703. The highest BCUT2D eigenvalue weighted by molar-refractivity contribution is 9.10. The molecule has 116 valence electrons. The Morgan fingerprint density at radius 1 is 1.18 bits per heavy atom. The van der Waals surface area contributed by atoms with Gasteiger partial charge in [0, 0.05) is 35.6 Å². The molecule has 22 heavy (non-hydrogen) atoms. The van der Waals surface area contributed by atoms with Gasteiger partial charge in [0.2, 0.25) is 0 Å². The van der Waals surface area contributed by atoms with Crippen molar-refractivity contribution >= 4 is 45.1 Å². The fourth-order valence-electron chi connectivity index (χ4n) is 2.17. The molecule has 0 unspecified atom stereocenters. The lowest BCUT2D eigenvalue weighted by atomic mass is 10.2. The molecule has 0 aliphatic carbocycles. The van der Waals surface area contributed by atoms with E-state index in [1.807, 2.05) is 24.3 Å². The van der Waals surface area contributed by atoms with Gasteiger partial charge in [-0.15, -0.1) is 0 Å². The number of hydrogen-bond acceptors (Lipinski definition) is 3. The fourth-order valence-corrected chi connectivity index (χ4v) is 3.00. The first kappa shape index (κ1) is 16.8. The van der Waals surface area contributed by atoms with E-state index in [1.54, 1.807) is 18.3 Å². The lowest BCUT2D eigenvalue weighted by molar-refractivity contribution is 0.471. The van der Waals surface area contributed by atoms with E-state index in [-0.39, 0.29) is 5.75 Å². The Bertz CT molecular complexity index is 667. The molecule has 0 saturated carbocycles. The van der Waals surface area contributed by atoms with Crippen LogP contribution >= 0.6 is 27.5 Å². The Morgan fingerprint density at radius 3 is 2.41 bits per heavy atom. The smallest absolute Gasteiger partial charge is 0.138 e. The van der Waals surface area contributed by atoms with E-state index >= 15 is 0 Å². The minimum absolute atomic E-state index is 0.132. The Hall–Kier alpha value is -1.52. The molecule has 0 aromatic heterocycles. The number of phenols is 1. The molecule has 0 radical (unpaired) electrons. The maximum atomic E-state index is 9.98. The summed E-state index contributed by atoms with van der Waals surface area (Å²) in [5.74, 6) is 0.132. The fraction of sp³-hybridized carbons (Fsp3) is 0.235. The van der Waals surface area contributed by atoms with E-state index in [9.17, 15) is 5.11 Å². The second-order valence-electron chi connectivity index (χ2n) is 4.77. The molecule has 2 rings (SSSR count). The van der Waals surface area contributed by atoms with Gasteiger partial charge in [0.05, 0.1) is 10.2 Å². The second-order valence-corrected chi connectivity index (χ2v) is 6.06. The molecule has 0 aliphatic rings. The van der Waals surface area contributed by atoms with Gasteiger partial charge in [0.1, 0.15) is 5.75 Å². The van der Waals surface area contributed by atoms with E-state index in [4.69, 9.17) is 11.6 Å². The zero-order chi connectivity index (χ0) is 16.1. The Morgan fingerprint density at radius 2 is 1.82 bits per heavy atom. The molecular formula is C17H18BrClN2O. The minimum Gasteiger partial charge on any atom is -0.506 e. The first-order valence-corrected chi connectivity index (χ1v) is 8.29. The first-order chi connectivity index (χ1) is 10.5. The van der Waals surface area contributed by atoms with Crippen LogP contribution in [-0.2, 0) is 0 Å². The summed E-state index contributed by atoms with van der Waals surface area (Å²) in [6, 6.07) is 11.3. The Balaban J connectivity index is 2.21. The van der Waals surface area contributed by atoms with Gasteiger partial charge in [0.25, 0.3) is 0 Å². The molecule has 0 atom stereocenters. The van der Waals surface area contributed by atoms with Gasteiger partial charge in [-0.2, -0.15) is 0 Å². The van der Waals surface area contributed by atoms with Gasteiger partial charge >= 0.3 is 0 Å². The van der Waals surface area contributed by atoms with E-state index in [1.165, 1.54) is 5.69 Å². The van der Waals surface area contributed by atoms with Crippen LogP contribution in [0.15, 0.2) is 45.9 Å². The van der Waals surface area contributed by atoms with Crippen LogP contribution in [0, 0.1) is 0 Å². The lowest BCUT2D eigenvalue weighted by Gasteiger charge is -2.20. The predicted molar refractivity (Wildman–Crippen MR) is 98.1 cm³/mol. The summed E-state index contributed by atoms with van der Waals surface area (Å²) in [6.07, 6.45) is 1.61. The summed E-state index contributed by atoms with van der Waals surface area (Å²) in [4.78, 5) is 6.66. The minimum atomic E-state index is 0.132. The topological polar surface area (TPSA) is 35.8 Å². The maximum Gasteiger partial charge on any atom is 0.138 e. The number of nitrogens with zero attached hydrogens (tertiary/aromatic N) is 2. The van der Waals surface area contributed by atoms with Crippen LogP contribution in [0.3, 0.4) is 0 Å². The highest BCUT2D eigenvalue weighted by atomic mass is 79.9. The Labute approximate surface area is 144 Å². The zero-order valence-electron chi connectivity index (χ0n) is 12.6. The summed E-state index contributed by atoms with van der Waals surface area (Å²) < 4.78 is 0.554. The molecular weight excluding hydrogens is 364 g/mol. The molecule has 0 fully saturated rings. The third-order valence-corrected chi connectivity index (χ3v) is 4.21. The number of aliphatic imine (C=N–C) groups is 1. The molecule has 0 bridgehead atoms. The lowest BCUT2D eigenvalue weighted by Crippen LogP contribution is -2.21. The van der Waals surface area contributed by atoms with Gasteiger partial charge in [-0.25, -0.2) is 0 Å². The first-order valence-electron chi connectivity index (χ1n) is 7.12. The van der Waals surface area contributed by atoms with Crippen molar-refractivity contribution in [2.24, 2.45) is 4.99 Å². The van der Waals surface area contributed by atoms with Gasteiger partial charge < -0.3 is 10.0 Å². The average Bonchev–Trinajstić information content (AvgIpc) is 2.52. The maximum absolute atomic E-state index is 9.98. The van der Waals surface area contributed by atoms with Crippen LogP contribution in [-0.4, -0.2) is 24.4 Å². The molecule has 3 nitrogen and oxygen atoms in total. The van der Waals surface area contributed by atoms with E-state index in [0.717, 1.165) is 18.8 Å². The SMILES string of the molecule is CCN(CC)c1ccc(N=Cc2cc(Cl)cc(Br)c2O)cc1. The third-order valence-electron chi connectivity index (χ3n) is 3.39. The monoisotopic (exact) mass is 380 g/mol. The largest absolute Gasteiger partial charge is 0.506 e. The molecule has 0 saturated heterocycles. The number of benzene rings is 2. The molecule has 0 aliphatic heterocycles. The van der Waals surface area contributed by atoms with Crippen LogP contribution in [0.25, 0.3) is 0 Å². The van der Waals surface area contributed by atoms with Crippen molar-refractivity contribution in [3.05, 3.63) is 51.5 Å². The van der Waals surface area contributed by atoms with Gasteiger partial charge in [-0.05, 0) is 66.2 Å².